The van der Waals surface area contributed by atoms with Gasteiger partial charge in [0.2, 0.25) is 11.4 Å². The van der Waals surface area contributed by atoms with Crippen LogP contribution in [0.25, 0.3) is 0 Å². The van der Waals surface area contributed by atoms with E-state index in [4.69, 9.17) is 14.2 Å². The van der Waals surface area contributed by atoms with Crippen LogP contribution in [0.5, 0.6) is 0 Å². The van der Waals surface area contributed by atoms with E-state index in [9.17, 15) is 29.1 Å². The van der Waals surface area contributed by atoms with E-state index >= 15 is 4.39 Å². The molecule has 3 saturated carbocycles. The summed E-state index contributed by atoms with van der Waals surface area (Å²) in [6.07, 6.45) is 1.68. The van der Waals surface area contributed by atoms with Crippen molar-refractivity contribution in [3.05, 3.63) is 23.8 Å². The van der Waals surface area contributed by atoms with Crippen LogP contribution in [0.3, 0.4) is 0 Å². The topological polar surface area (TPSA) is 133 Å². The largest absolute Gasteiger partial charge is 0.458 e. The van der Waals surface area contributed by atoms with E-state index in [1.54, 1.807) is 13.8 Å². The van der Waals surface area contributed by atoms with Gasteiger partial charge in [-0.2, -0.15) is 0 Å². The number of halogens is 1. The van der Waals surface area contributed by atoms with E-state index in [1.807, 2.05) is 0 Å². The number of carbonyl (C=O) groups is 5. The maximum absolute atomic E-state index is 17.4. The summed E-state index contributed by atoms with van der Waals surface area (Å²) in [6.45, 7) is 5.90. The molecule has 0 radical (unpaired) electrons. The summed E-state index contributed by atoms with van der Waals surface area (Å²) in [6, 6.07) is 0. The van der Waals surface area contributed by atoms with Crippen molar-refractivity contribution in [1.29, 1.82) is 0 Å². The van der Waals surface area contributed by atoms with E-state index in [0.717, 1.165) is 20.8 Å². The first-order chi connectivity index (χ1) is 17.1. The highest BCUT2D eigenvalue weighted by Crippen LogP contribution is 2.70. The van der Waals surface area contributed by atoms with Crippen molar-refractivity contribution in [2.75, 3.05) is 6.61 Å². The minimum atomic E-state index is -2.20. The molecule has 0 saturated heterocycles. The highest BCUT2D eigenvalue weighted by Gasteiger charge is 2.79. The number of rotatable bonds is 5. The van der Waals surface area contributed by atoms with E-state index in [2.05, 4.69) is 0 Å². The fraction of sp³-hybridized carbons (Fsp3) is 0.667. The van der Waals surface area contributed by atoms with Crippen LogP contribution in [0.4, 0.5) is 4.39 Å². The van der Waals surface area contributed by atoms with Gasteiger partial charge in [-0.25, -0.2) is 4.39 Å². The van der Waals surface area contributed by atoms with Gasteiger partial charge in [-0.05, 0) is 50.7 Å². The molecule has 0 spiro atoms. The number of Topliss-reactive ketones (excluding diaryl/α,β-unsaturated/α-hetero) is 1. The van der Waals surface area contributed by atoms with Crippen LogP contribution in [0.15, 0.2) is 23.8 Å². The molecule has 4 aliphatic carbocycles. The second-order valence-electron chi connectivity index (χ2n) is 11.1. The van der Waals surface area contributed by atoms with Gasteiger partial charge in [0, 0.05) is 37.5 Å². The number of esters is 3. The molecule has 4 rings (SSSR count). The summed E-state index contributed by atoms with van der Waals surface area (Å²) in [5.74, 6) is -4.83. The number of carbonyl (C=O) groups excluding carboxylic acids is 5. The lowest BCUT2D eigenvalue weighted by Gasteiger charge is -2.62. The van der Waals surface area contributed by atoms with Gasteiger partial charge in [0.15, 0.2) is 18.1 Å². The number of hydrogen-bond donors (Lipinski definition) is 1. The highest BCUT2D eigenvalue weighted by atomic mass is 19.1. The molecule has 8 atom stereocenters. The van der Waals surface area contributed by atoms with Gasteiger partial charge >= 0.3 is 17.9 Å². The van der Waals surface area contributed by atoms with Gasteiger partial charge in [0.25, 0.3) is 0 Å². The quantitative estimate of drug-likeness (QED) is 0.428. The summed E-state index contributed by atoms with van der Waals surface area (Å²) in [7, 11) is 0. The molecule has 0 aromatic rings. The van der Waals surface area contributed by atoms with Gasteiger partial charge in [-0.15, -0.1) is 0 Å². The van der Waals surface area contributed by atoms with Crippen molar-refractivity contribution >= 4 is 29.5 Å². The van der Waals surface area contributed by atoms with Crippen molar-refractivity contribution in [3.8, 4) is 0 Å². The molecule has 9 nitrogen and oxygen atoms in total. The molecule has 1 N–H and O–H groups in total. The first kappa shape index (κ1) is 27.2. The molecule has 0 heterocycles. The maximum Gasteiger partial charge on any atom is 0.303 e. The average molecular weight is 521 g/mol. The number of alkyl halides is 1. The molecule has 0 aliphatic heterocycles. The van der Waals surface area contributed by atoms with Crippen molar-refractivity contribution in [3.63, 3.8) is 0 Å². The lowest BCUT2D eigenvalue weighted by atomic mass is 9.44. The fourth-order valence-electron chi connectivity index (χ4n) is 7.76. The Morgan fingerprint density at radius 2 is 1.76 bits per heavy atom. The van der Waals surface area contributed by atoms with Gasteiger partial charge in [-0.3, -0.25) is 24.0 Å². The van der Waals surface area contributed by atoms with E-state index in [-0.39, 0.29) is 25.0 Å². The Kier molecular flexibility index (Phi) is 6.50. The molecule has 8 unspecified atom stereocenters. The first-order valence-electron chi connectivity index (χ1n) is 12.5. The second kappa shape index (κ2) is 8.85. The van der Waals surface area contributed by atoms with E-state index in [1.165, 1.54) is 18.2 Å². The van der Waals surface area contributed by atoms with Crippen molar-refractivity contribution in [1.82, 2.24) is 0 Å². The number of aliphatic hydroxyl groups is 1. The molecular weight excluding hydrogens is 487 g/mol. The standard InChI is InChI=1S/C27H33FO9/c1-14(29)35-13-22(34)27(37-16(3)31)23(36-15(2)30)11-20-19-7-6-17-10-18(32)8-9-24(17,4)26(19,28)21(33)12-25(20,27)5/h8-10,19-21,23,33H,6-7,11-13H2,1-5H3. The predicted octanol–water partition coefficient (Wildman–Crippen LogP) is 2.33. The number of ketones is 2. The molecular formula is C27H33FO9. The molecule has 37 heavy (non-hydrogen) atoms. The van der Waals surface area contributed by atoms with Crippen LogP contribution in [-0.4, -0.2) is 64.7 Å². The number of hydrogen-bond acceptors (Lipinski definition) is 9. The number of aliphatic hydroxyl groups excluding tert-OH is 1. The molecule has 0 amide bonds. The van der Waals surface area contributed by atoms with Gasteiger partial charge in [0.05, 0.1) is 6.10 Å². The van der Waals surface area contributed by atoms with Crippen molar-refractivity contribution in [2.45, 2.75) is 83.8 Å². The summed E-state index contributed by atoms with van der Waals surface area (Å²) in [5, 5.41) is 11.5. The average Bonchev–Trinajstić information content (AvgIpc) is 3.01. The minimum Gasteiger partial charge on any atom is -0.458 e. The summed E-state index contributed by atoms with van der Waals surface area (Å²) >= 11 is 0. The van der Waals surface area contributed by atoms with Gasteiger partial charge in [0.1, 0.15) is 6.10 Å². The SMILES string of the molecule is CC(=O)OCC(=O)C1(OC(C)=O)C(OC(C)=O)CC2C3CCC4=CC(=O)C=CC4(C)C3(F)C(O)CC21C. The zero-order valence-electron chi connectivity index (χ0n) is 21.7. The summed E-state index contributed by atoms with van der Waals surface area (Å²) < 4.78 is 33.6. The Bertz CT molecular complexity index is 1130. The lowest BCUT2D eigenvalue weighted by Crippen LogP contribution is -2.70. The smallest absolute Gasteiger partial charge is 0.303 e. The third kappa shape index (κ3) is 3.70. The van der Waals surface area contributed by atoms with Crippen LogP contribution < -0.4 is 0 Å². The second-order valence-corrected chi connectivity index (χ2v) is 11.1. The molecule has 10 heteroatoms. The normalized spacial score (nSPS) is 42.0. The zero-order chi connectivity index (χ0) is 27.6. The molecule has 0 aromatic heterocycles. The lowest BCUT2D eigenvalue weighted by molar-refractivity contribution is -0.233. The molecule has 3 fully saturated rings. The Labute approximate surface area is 214 Å². The predicted molar refractivity (Wildman–Crippen MR) is 125 cm³/mol. The summed E-state index contributed by atoms with van der Waals surface area (Å²) in [4.78, 5) is 61.8. The van der Waals surface area contributed by atoms with E-state index < -0.39 is 76.4 Å². The number of allylic oxidation sites excluding steroid dienone is 4. The number of ether oxygens (including phenoxy) is 3. The Morgan fingerprint density at radius 1 is 1.08 bits per heavy atom. The first-order valence-corrected chi connectivity index (χ1v) is 12.5. The molecule has 202 valence electrons. The molecule has 0 aromatic carbocycles. The Morgan fingerprint density at radius 3 is 2.35 bits per heavy atom. The zero-order valence-corrected chi connectivity index (χ0v) is 21.7. The monoisotopic (exact) mass is 520 g/mol. The van der Waals surface area contributed by atoms with Crippen molar-refractivity contribution in [2.24, 2.45) is 22.7 Å². The van der Waals surface area contributed by atoms with Crippen LogP contribution in [0.1, 0.15) is 60.3 Å². The van der Waals surface area contributed by atoms with Gasteiger partial charge in [-0.1, -0.05) is 18.6 Å². The van der Waals surface area contributed by atoms with Crippen LogP contribution >= 0.6 is 0 Å². The molecule has 4 aliphatic rings. The Hall–Kier alpha value is -2.88. The van der Waals surface area contributed by atoms with Gasteiger partial charge < -0.3 is 19.3 Å². The van der Waals surface area contributed by atoms with Crippen LogP contribution in [0.2, 0.25) is 0 Å². The minimum absolute atomic E-state index is 0.00397. The van der Waals surface area contributed by atoms with Crippen LogP contribution in [-0.2, 0) is 38.2 Å². The Balaban J connectivity index is 1.88. The number of fused-ring (bicyclic) bond motifs is 5. The highest BCUT2D eigenvalue weighted by molar-refractivity contribution is 6.01. The van der Waals surface area contributed by atoms with E-state index in [0.29, 0.717) is 12.0 Å². The third-order valence-electron chi connectivity index (χ3n) is 9.23. The van der Waals surface area contributed by atoms with Crippen molar-refractivity contribution < 1.29 is 47.7 Å². The fourth-order valence-corrected chi connectivity index (χ4v) is 7.76. The molecule has 0 bridgehead atoms. The maximum atomic E-state index is 17.4. The third-order valence-corrected chi connectivity index (χ3v) is 9.23. The van der Waals surface area contributed by atoms with Crippen LogP contribution in [0, 0.1) is 22.7 Å². The summed E-state index contributed by atoms with van der Waals surface area (Å²) in [5.41, 5.74) is -6.35.